The minimum Gasteiger partial charge on any atom is -0.479 e. The Hall–Kier alpha value is -2.23. The number of hydrogen-bond acceptors (Lipinski definition) is 19. The maximum atomic E-state index is 12.6. The fraction of sp³-hybridized carbons (Fsp3) is 0.945. The molecule has 3 aliphatic rings. The van der Waals surface area contributed by atoms with E-state index in [-0.39, 0.29) is 19.8 Å². The minimum atomic E-state index is -2.33. The molecule has 3 fully saturated rings. The Morgan fingerprint density at radius 3 is 1.01 bits per heavy atom. The number of hydrogen-bond donors (Lipinski definition) is 11. The third kappa shape index (κ3) is 24.4. The first kappa shape index (κ1) is 69.0. The van der Waals surface area contributed by atoms with E-state index in [0.717, 1.165) is 51.4 Å². The van der Waals surface area contributed by atoms with E-state index in [1.54, 1.807) is 0 Å². The lowest BCUT2D eigenvalue weighted by molar-refractivity contribution is -0.371. The molecule has 3 aliphatic heterocycles. The lowest BCUT2D eigenvalue weighted by Gasteiger charge is -2.47. The molecule has 22 heteroatoms. The minimum absolute atomic E-state index is 0.0245. The summed E-state index contributed by atoms with van der Waals surface area (Å²) in [6.07, 6.45) is 1.06. The van der Waals surface area contributed by atoms with Crippen molar-refractivity contribution in [3.63, 3.8) is 0 Å². The molecular formula is C55H100O22. The molecule has 0 aliphatic carbocycles. The molecule has 3 saturated heterocycles. The summed E-state index contributed by atoms with van der Waals surface area (Å²) in [6, 6.07) is 0. The van der Waals surface area contributed by atoms with Crippen molar-refractivity contribution in [2.45, 2.75) is 286 Å². The van der Waals surface area contributed by atoms with Crippen LogP contribution in [0.1, 0.15) is 194 Å². The molecule has 0 aromatic rings. The van der Waals surface area contributed by atoms with Gasteiger partial charge in [0.15, 0.2) is 37.2 Å². The first-order valence-corrected chi connectivity index (χ1v) is 29.1. The summed E-state index contributed by atoms with van der Waals surface area (Å²) in [5, 5.41) is 116. The van der Waals surface area contributed by atoms with E-state index >= 15 is 0 Å². The van der Waals surface area contributed by atoms with Gasteiger partial charge in [-0.05, 0) is 12.8 Å². The quantitative estimate of drug-likeness (QED) is 0.0368. The second kappa shape index (κ2) is 39.2. The number of aliphatic carboxylic acids is 3. The van der Waals surface area contributed by atoms with Crippen molar-refractivity contribution >= 4 is 17.9 Å². The molecule has 0 aromatic heterocycles. The first-order valence-electron chi connectivity index (χ1n) is 29.1. The molecule has 3 rings (SSSR count). The summed E-state index contributed by atoms with van der Waals surface area (Å²) < 4.78 is 45.0. The van der Waals surface area contributed by atoms with Gasteiger partial charge in [-0.2, -0.15) is 0 Å². The molecular weight excluding hydrogens is 1010 g/mol. The van der Waals surface area contributed by atoms with Gasteiger partial charge >= 0.3 is 17.9 Å². The maximum absolute atomic E-state index is 12.6. The van der Waals surface area contributed by atoms with Crippen LogP contribution in [0.5, 0.6) is 0 Å². The van der Waals surface area contributed by atoms with Gasteiger partial charge in [-0.25, -0.2) is 14.4 Å². The van der Waals surface area contributed by atoms with Gasteiger partial charge in [0.1, 0.15) is 54.9 Å². The molecule has 0 unspecified atom stereocenters. The molecule has 0 spiro atoms. The summed E-state index contributed by atoms with van der Waals surface area (Å²) in [4.78, 5) is 36.6. The van der Waals surface area contributed by atoms with E-state index in [1.165, 1.54) is 128 Å². The highest BCUT2D eigenvalue weighted by atomic mass is 16.8. The molecule has 0 radical (unpaired) electrons. The van der Waals surface area contributed by atoms with Crippen LogP contribution in [0.2, 0.25) is 0 Å². The van der Waals surface area contributed by atoms with E-state index in [2.05, 4.69) is 13.8 Å². The molecule has 77 heavy (non-hydrogen) atoms. The normalized spacial score (nSPS) is 29.9. The highest BCUT2D eigenvalue weighted by Gasteiger charge is 2.57. The number of carboxylic acid groups (broad SMARTS) is 3. The van der Waals surface area contributed by atoms with E-state index in [9.17, 15) is 70.6 Å². The molecule has 0 amide bonds. The number of carboxylic acids is 3. The fourth-order valence-corrected chi connectivity index (χ4v) is 10.00. The average molecular weight is 1110 g/mol. The summed E-state index contributed by atoms with van der Waals surface area (Å²) in [5.74, 6) is -5.42. The zero-order valence-corrected chi connectivity index (χ0v) is 46.1. The Balaban J connectivity index is 1.57. The topological polar surface area (TPSA) is 348 Å². The molecule has 0 aromatic carbocycles. The Kier molecular flexibility index (Phi) is 35.2. The largest absolute Gasteiger partial charge is 0.479 e. The van der Waals surface area contributed by atoms with Crippen LogP contribution in [0, 0.1) is 5.41 Å². The van der Waals surface area contributed by atoms with Crippen molar-refractivity contribution in [1.29, 1.82) is 0 Å². The molecule has 0 saturated carbocycles. The number of ether oxygens (including phenoxy) is 8. The van der Waals surface area contributed by atoms with Gasteiger partial charge in [0.25, 0.3) is 0 Å². The molecule has 3 heterocycles. The van der Waals surface area contributed by atoms with Crippen LogP contribution in [0.3, 0.4) is 0 Å². The monoisotopic (exact) mass is 1110 g/mol. The van der Waals surface area contributed by atoms with E-state index in [4.69, 9.17) is 37.9 Å². The summed E-state index contributed by atoms with van der Waals surface area (Å²) in [5.41, 5.74) is -1.21. The Morgan fingerprint density at radius 1 is 0.377 bits per heavy atom. The predicted molar refractivity (Wildman–Crippen MR) is 278 cm³/mol. The van der Waals surface area contributed by atoms with Crippen LogP contribution in [0.25, 0.3) is 0 Å². The van der Waals surface area contributed by atoms with Gasteiger partial charge in [0.05, 0.1) is 31.8 Å². The number of unbranched alkanes of at least 4 members (excludes halogenated alkanes) is 26. The highest BCUT2D eigenvalue weighted by Crippen LogP contribution is 2.34. The van der Waals surface area contributed by atoms with Gasteiger partial charge < -0.3 is 94.1 Å². The molecule has 0 bridgehead atoms. The Labute approximate surface area is 456 Å². The van der Waals surface area contributed by atoms with Gasteiger partial charge in [-0.1, -0.05) is 181 Å². The second-order valence-electron chi connectivity index (χ2n) is 21.7. The van der Waals surface area contributed by atoms with Gasteiger partial charge in [0, 0.05) is 13.2 Å². The van der Waals surface area contributed by atoms with Gasteiger partial charge in [-0.15, -0.1) is 0 Å². The van der Waals surface area contributed by atoms with E-state index in [1.807, 2.05) is 0 Å². The van der Waals surface area contributed by atoms with Crippen LogP contribution in [0.4, 0.5) is 0 Å². The van der Waals surface area contributed by atoms with Crippen molar-refractivity contribution in [3.8, 4) is 0 Å². The lowest BCUT2D eigenvalue weighted by atomic mass is 9.92. The van der Waals surface area contributed by atoms with Gasteiger partial charge in [-0.3, -0.25) is 0 Å². The number of aliphatic hydroxyl groups is 8. The maximum Gasteiger partial charge on any atom is 0.335 e. The van der Waals surface area contributed by atoms with Crippen molar-refractivity contribution in [2.24, 2.45) is 5.41 Å². The van der Waals surface area contributed by atoms with Crippen LogP contribution in [-0.4, -0.2) is 206 Å². The van der Waals surface area contributed by atoms with Gasteiger partial charge in [0.2, 0.25) is 0 Å². The second-order valence-corrected chi connectivity index (χ2v) is 21.7. The summed E-state index contributed by atoms with van der Waals surface area (Å²) in [7, 11) is 0. The van der Waals surface area contributed by atoms with Crippen molar-refractivity contribution in [3.05, 3.63) is 0 Å². The first-order chi connectivity index (χ1) is 37.0. The fourth-order valence-electron chi connectivity index (χ4n) is 10.00. The Bertz CT molecular complexity index is 1520. The smallest absolute Gasteiger partial charge is 0.335 e. The predicted octanol–water partition coefficient (Wildman–Crippen LogP) is 4.70. The molecule has 15 atom stereocenters. The number of carbonyl (C=O) groups is 3. The highest BCUT2D eigenvalue weighted by molar-refractivity contribution is 5.74. The SMILES string of the molecule is CCCCCCCCCCCCCCCCOCC(CO)(COCCCCCCCCCCCCCCCC)CO[C@@H]1O[C@H](C(=O)O)[C@@H](O[C@@H]2O[C@H](C(=O)O)[C@@H](O[C@@H]3O[C@H](C(=O)O)[C@@H](O)[C@H](O)[C@@H]3O)[C@H](O)[C@@H]2O)[C@H](O)[C@@H]1O. The number of rotatable bonds is 45. The third-order valence-corrected chi connectivity index (χ3v) is 15.0. The summed E-state index contributed by atoms with van der Waals surface area (Å²) >= 11 is 0. The van der Waals surface area contributed by atoms with Crippen LogP contribution in [0.15, 0.2) is 0 Å². The molecule has 11 N–H and O–H groups in total. The Morgan fingerprint density at radius 2 is 0.675 bits per heavy atom. The van der Waals surface area contributed by atoms with Crippen LogP contribution < -0.4 is 0 Å². The molecule has 22 nitrogen and oxygen atoms in total. The van der Waals surface area contributed by atoms with E-state index < -0.39 is 122 Å². The zero-order chi connectivity index (χ0) is 56.6. The number of aliphatic hydroxyl groups excluding tert-OH is 8. The van der Waals surface area contributed by atoms with Crippen molar-refractivity contribution in [2.75, 3.05) is 39.6 Å². The standard InChI is InChI=1S/C55H100O22/c1-3-5-7-9-11-13-15-17-19-21-23-25-27-29-31-70-34-55(33-56,35-71-32-30-28-26-24-22-20-18-16-14-12-10-8-6-4-2)36-72-52-42(62)39(59)44(47(76-52)50(66)67)74-54-43(63)40(60)45(48(77-54)51(68)69)73-53-41(61)37(57)38(58)46(75-53)49(64)65/h37-48,52-54,56-63H,3-36H2,1-2H3,(H,64,65)(H,66,67)(H,68,69)/t37-,38-,39+,40+,41-,42-,43-,44-,45-,46-,47-,48-,52+,53+,54+/m0/s1. The lowest BCUT2D eigenvalue weighted by Crippen LogP contribution is -2.67. The van der Waals surface area contributed by atoms with Crippen molar-refractivity contribution < 1.29 is 108 Å². The van der Waals surface area contributed by atoms with Crippen LogP contribution >= 0.6 is 0 Å². The van der Waals surface area contributed by atoms with E-state index in [0.29, 0.717) is 13.2 Å². The van der Waals surface area contributed by atoms with Crippen LogP contribution in [-0.2, 0) is 52.3 Å². The summed E-state index contributed by atoms with van der Waals surface area (Å²) in [6.45, 7) is 4.33. The average Bonchev–Trinajstić information content (AvgIpc) is 3.40. The molecule has 452 valence electrons. The third-order valence-electron chi connectivity index (χ3n) is 15.0. The zero-order valence-electron chi connectivity index (χ0n) is 46.1. The van der Waals surface area contributed by atoms with Crippen molar-refractivity contribution in [1.82, 2.24) is 0 Å².